The zero-order valence-electron chi connectivity index (χ0n) is 30.5. The summed E-state index contributed by atoms with van der Waals surface area (Å²) in [5, 5.41) is 24.1. The van der Waals surface area contributed by atoms with Crippen LogP contribution < -0.4 is 10.1 Å². The number of anilines is 1. The lowest BCUT2D eigenvalue weighted by Crippen LogP contribution is -2.31. The van der Waals surface area contributed by atoms with Crippen LogP contribution in [-0.4, -0.2) is 59.5 Å². The number of carbonyl (C=O) groups is 2. The minimum atomic E-state index is -0.601. The van der Waals surface area contributed by atoms with Crippen LogP contribution in [0.2, 0.25) is 0 Å². The number of fused-ring (bicyclic) bond motifs is 2. The van der Waals surface area contributed by atoms with Crippen LogP contribution >= 0.6 is 0 Å². The Hall–Kier alpha value is -5.62. The molecule has 1 aromatic heterocycles. The van der Waals surface area contributed by atoms with E-state index in [4.69, 9.17) is 14.5 Å². The van der Waals surface area contributed by atoms with Crippen molar-refractivity contribution >= 4 is 23.8 Å². The number of allylic oxidation sites excluding steroid dienone is 5. The number of nitrogens with one attached hydrogen (secondary N) is 1. The van der Waals surface area contributed by atoms with Crippen LogP contribution in [0.25, 0.3) is 0 Å². The Morgan fingerprint density at radius 2 is 1.87 bits per heavy atom. The van der Waals surface area contributed by atoms with Crippen molar-refractivity contribution in [3.8, 4) is 29.1 Å². The number of methoxy groups -OCH3 is 1. The highest BCUT2D eigenvalue weighted by atomic mass is 16.5. The quantitative estimate of drug-likeness (QED) is 0.184. The van der Waals surface area contributed by atoms with E-state index < -0.39 is 18.0 Å². The Morgan fingerprint density at radius 3 is 2.66 bits per heavy atom. The Kier molecular flexibility index (Phi) is 11.8. The Morgan fingerprint density at radius 1 is 1.02 bits per heavy atom. The number of hydrogen-bond donors (Lipinski definition) is 3. The lowest BCUT2D eigenvalue weighted by Gasteiger charge is -2.38. The van der Waals surface area contributed by atoms with Crippen LogP contribution in [0, 0.1) is 23.2 Å². The predicted molar refractivity (Wildman–Crippen MR) is 206 cm³/mol. The fourth-order valence-electron chi connectivity index (χ4n) is 7.70. The highest BCUT2D eigenvalue weighted by Crippen LogP contribution is 2.46. The van der Waals surface area contributed by atoms with Crippen molar-refractivity contribution in [3.63, 3.8) is 0 Å². The second-order valence-corrected chi connectivity index (χ2v) is 14.2. The van der Waals surface area contributed by atoms with Gasteiger partial charge in [0.2, 0.25) is 0 Å². The van der Waals surface area contributed by atoms with E-state index in [-0.39, 0.29) is 53.9 Å². The summed E-state index contributed by atoms with van der Waals surface area (Å²) in [4.78, 5) is 35.5. The number of rotatable bonds is 4. The van der Waals surface area contributed by atoms with Gasteiger partial charge in [-0.15, -0.1) is 0 Å². The summed E-state index contributed by atoms with van der Waals surface area (Å²) in [6.07, 6.45) is 14.6. The van der Waals surface area contributed by atoms with Gasteiger partial charge in [0.25, 0.3) is 0 Å². The molecule has 0 unspecified atom stereocenters. The molecule has 3 aliphatic rings. The fraction of sp³-hybridized carbons (Fsp3) is 0.364. The molecule has 0 radical (unpaired) electrons. The average Bonchev–Trinajstić information content (AvgIpc) is 3.57. The van der Waals surface area contributed by atoms with Gasteiger partial charge in [-0.3, -0.25) is 14.6 Å². The summed E-state index contributed by atoms with van der Waals surface area (Å²) in [5.41, 5.74) is 4.90. The summed E-state index contributed by atoms with van der Waals surface area (Å²) >= 11 is 0. The number of esters is 1. The Bertz CT molecular complexity index is 2020. The number of phenolic OH excluding ortho intramolecular Hbond substituents is 2. The van der Waals surface area contributed by atoms with Crippen molar-refractivity contribution in [2.45, 2.75) is 70.3 Å². The lowest BCUT2D eigenvalue weighted by atomic mass is 9.66. The third-order valence-corrected chi connectivity index (χ3v) is 10.7. The number of ketones is 1. The van der Waals surface area contributed by atoms with Gasteiger partial charge in [0.1, 0.15) is 23.5 Å². The van der Waals surface area contributed by atoms with Crippen molar-refractivity contribution in [2.24, 2.45) is 16.3 Å². The largest absolute Gasteiger partial charge is 0.508 e. The number of aliphatic imine (C=N–C) groups is 1. The SMILES string of the molecule is COc1cc([C@H]2C#CCNc3cc(ccn3)[C@@H](c3cccc(O)c3)CC3=C(C=NC3)C[C@]3(C=CC=C[C@H]3C)CC[C@@H](OC(C)=O)CC(=O)C2)ccc1O. The maximum absolute atomic E-state index is 13.8. The molecule has 1 aliphatic carbocycles. The highest BCUT2D eigenvalue weighted by molar-refractivity contribution is 5.83. The Labute approximate surface area is 311 Å². The Balaban J connectivity index is 1.42. The van der Waals surface area contributed by atoms with Crippen molar-refractivity contribution < 1.29 is 29.3 Å². The maximum atomic E-state index is 13.8. The standard InChI is InChI=1S/C44H47N3O6/c1-29-8-4-5-16-44(29)17-14-39(53-30(2)48)25-38(50)20-31(32-12-13-41(51)42(23-32)52-3)10-7-18-46-43-24-34(15-19-47-43)40(33-9-6-11-37(49)21-33)22-35-27-45-28-36(35)26-44/h4-6,8-9,11-13,15-16,19,21,23-24,28-29,31,39-40,49,51H,14,17-18,20,22,25-27H2,1-3H3,(H,46,47)/t29-,31+,39-,40-,44+/m1/s1. The number of nitrogens with zero attached hydrogens (tertiary/aromatic N) is 2. The third-order valence-electron chi connectivity index (χ3n) is 10.7. The number of ether oxygens (including phenoxy) is 2. The smallest absolute Gasteiger partial charge is 0.302 e. The first-order valence-electron chi connectivity index (χ1n) is 18.2. The molecule has 3 heterocycles. The number of carbonyl (C=O) groups excluding carboxylic acids is 2. The molecule has 0 saturated heterocycles. The summed E-state index contributed by atoms with van der Waals surface area (Å²) in [6.45, 7) is 4.47. The highest BCUT2D eigenvalue weighted by Gasteiger charge is 2.37. The van der Waals surface area contributed by atoms with Crippen molar-refractivity contribution in [2.75, 3.05) is 25.5 Å². The first-order valence-corrected chi connectivity index (χ1v) is 18.2. The number of pyridine rings is 1. The molecular weight excluding hydrogens is 666 g/mol. The molecule has 53 heavy (non-hydrogen) atoms. The van der Waals surface area contributed by atoms with Gasteiger partial charge in [-0.2, -0.15) is 0 Å². The minimum Gasteiger partial charge on any atom is -0.508 e. The first kappa shape index (κ1) is 37.1. The van der Waals surface area contributed by atoms with Gasteiger partial charge < -0.3 is 25.0 Å². The normalized spacial score (nSPS) is 24.8. The molecule has 9 heteroatoms. The molecule has 3 aromatic rings. The average molecular weight is 714 g/mol. The summed E-state index contributed by atoms with van der Waals surface area (Å²) in [6, 6.07) is 16.5. The zero-order chi connectivity index (χ0) is 37.4. The molecule has 5 atom stereocenters. The van der Waals surface area contributed by atoms with Gasteiger partial charge in [0.15, 0.2) is 11.5 Å². The molecule has 2 aliphatic heterocycles. The number of aromatic nitrogens is 1. The van der Waals surface area contributed by atoms with Crippen molar-refractivity contribution in [1.29, 1.82) is 0 Å². The predicted octanol–water partition coefficient (Wildman–Crippen LogP) is 7.82. The number of Topliss-reactive ketones (excluding diaryl/α,β-unsaturated/α-hetero) is 1. The van der Waals surface area contributed by atoms with E-state index >= 15 is 0 Å². The van der Waals surface area contributed by atoms with Crippen LogP contribution in [-0.2, 0) is 14.3 Å². The maximum Gasteiger partial charge on any atom is 0.302 e. The third kappa shape index (κ3) is 9.25. The number of aromatic hydroxyl groups is 2. The van der Waals surface area contributed by atoms with Gasteiger partial charge >= 0.3 is 5.97 Å². The van der Waals surface area contributed by atoms with Crippen LogP contribution in [0.4, 0.5) is 5.82 Å². The van der Waals surface area contributed by atoms with E-state index in [1.807, 2.05) is 36.5 Å². The number of phenols is 2. The van der Waals surface area contributed by atoms with E-state index in [1.54, 1.807) is 24.4 Å². The summed E-state index contributed by atoms with van der Waals surface area (Å²) < 4.78 is 11.2. The minimum absolute atomic E-state index is 0.00414. The summed E-state index contributed by atoms with van der Waals surface area (Å²) in [5.74, 6) is 6.73. The van der Waals surface area contributed by atoms with Crippen LogP contribution in [0.1, 0.15) is 80.9 Å². The molecule has 2 aromatic carbocycles. The van der Waals surface area contributed by atoms with Crippen LogP contribution in [0.3, 0.4) is 0 Å². The topological polar surface area (TPSA) is 130 Å². The van der Waals surface area contributed by atoms with Gasteiger partial charge in [0.05, 0.1) is 26.1 Å². The van der Waals surface area contributed by atoms with Crippen molar-refractivity contribution in [1.82, 2.24) is 4.98 Å². The molecule has 0 saturated carbocycles. The molecule has 9 nitrogen and oxygen atoms in total. The first-order chi connectivity index (χ1) is 25.6. The van der Waals surface area contributed by atoms with Crippen LogP contribution in [0.15, 0.2) is 101 Å². The lowest BCUT2D eigenvalue weighted by molar-refractivity contribution is -0.148. The number of hydrogen-bond acceptors (Lipinski definition) is 9. The van der Waals surface area contributed by atoms with E-state index in [1.165, 1.54) is 31.2 Å². The summed E-state index contributed by atoms with van der Waals surface area (Å²) in [7, 11) is 1.48. The molecule has 6 rings (SSSR count). The van der Waals surface area contributed by atoms with Gasteiger partial charge in [-0.1, -0.05) is 61.3 Å². The molecule has 0 amide bonds. The number of benzene rings is 2. The molecule has 0 fully saturated rings. The second-order valence-electron chi connectivity index (χ2n) is 14.2. The van der Waals surface area contributed by atoms with Crippen molar-refractivity contribution in [3.05, 3.63) is 113 Å². The zero-order valence-corrected chi connectivity index (χ0v) is 30.5. The van der Waals surface area contributed by atoms with Gasteiger partial charge in [-0.25, -0.2) is 4.98 Å². The molecule has 3 N–H and O–H groups in total. The van der Waals surface area contributed by atoms with E-state index in [9.17, 15) is 19.8 Å². The molecule has 274 valence electrons. The molecular formula is C44H47N3O6. The van der Waals surface area contributed by atoms with E-state index in [0.717, 1.165) is 23.1 Å². The second kappa shape index (κ2) is 16.8. The van der Waals surface area contributed by atoms with E-state index in [2.05, 4.69) is 53.4 Å². The van der Waals surface area contributed by atoms with Gasteiger partial charge in [0, 0.05) is 38.1 Å². The van der Waals surface area contributed by atoms with E-state index in [0.29, 0.717) is 37.4 Å². The molecule has 1 spiro atoms. The molecule has 2 bridgehead atoms. The van der Waals surface area contributed by atoms with Gasteiger partial charge in [-0.05, 0) is 101 Å². The van der Waals surface area contributed by atoms with Crippen LogP contribution in [0.5, 0.6) is 17.2 Å². The monoisotopic (exact) mass is 713 g/mol. The fourth-order valence-corrected chi connectivity index (χ4v) is 7.70.